The number of hydroxylamine groups is 1. The fourth-order valence-electron chi connectivity index (χ4n) is 5.47. The molecular formula is C34H40N4O6. The predicted octanol–water partition coefficient (Wildman–Crippen LogP) is 5.24. The highest BCUT2D eigenvalue weighted by molar-refractivity contribution is 5.76. The molecule has 2 heterocycles. The zero-order valence-electron chi connectivity index (χ0n) is 24.7. The topological polar surface area (TPSA) is 135 Å². The first-order valence-corrected chi connectivity index (χ1v) is 15.2. The number of amides is 2. The van der Waals surface area contributed by atoms with Crippen molar-refractivity contribution in [3.8, 4) is 0 Å². The fraction of sp³-hybridized carbons (Fsp3) is 0.382. The maximum atomic E-state index is 12.3. The Balaban J connectivity index is 1.18. The van der Waals surface area contributed by atoms with Crippen molar-refractivity contribution < 1.29 is 29.4 Å². The summed E-state index contributed by atoms with van der Waals surface area (Å²) in [4.78, 5) is 27.9. The molecule has 4 N–H and O–H groups in total. The maximum absolute atomic E-state index is 12.3. The third kappa shape index (κ3) is 8.51. The van der Waals surface area contributed by atoms with Crippen molar-refractivity contribution in [3.05, 3.63) is 101 Å². The number of ether oxygens (including phenoxy) is 2. The number of carbonyl (C=O) groups is 2. The molecule has 10 heteroatoms. The summed E-state index contributed by atoms with van der Waals surface area (Å²) >= 11 is 0. The minimum atomic E-state index is -0.571. The van der Waals surface area contributed by atoms with Crippen LogP contribution in [0.4, 0.5) is 0 Å². The van der Waals surface area contributed by atoms with Crippen LogP contribution < -0.4 is 10.8 Å². The van der Waals surface area contributed by atoms with Gasteiger partial charge in [-0.25, -0.2) is 10.5 Å². The zero-order chi connectivity index (χ0) is 30.7. The molecule has 1 aromatic heterocycles. The summed E-state index contributed by atoms with van der Waals surface area (Å²) < 4.78 is 15.1. The lowest BCUT2D eigenvalue weighted by molar-refractivity contribution is -0.252. The van der Waals surface area contributed by atoms with Gasteiger partial charge >= 0.3 is 0 Å². The molecule has 44 heavy (non-hydrogen) atoms. The van der Waals surface area contributed by atoms with Gasteiger partial charge in [0.2, 0.25) is 11.8 Å². The average Bonchev–Trinajstić information content (AvgIpc) is 3.47. The first-order chi connectivity index (χ1) is 21.5. The van der Waals surface area contributed by atoms with Crippen molar-refractivity contribution in [2.45, 2.75) is 83.1 Å². The van der Waals surface area contributed by atoms with Gasteiger partial charge < -0.3 is 24.5 Å². The molecule has 0 bridgehead atoms. The van der Waals surface area contributed by atoms with Crippen LogP contribution in [0.5, 0.6) is 0 Å². The quantitative estimate of drug-likeness (QED) is 0.0884. The minimum Gasteiger partial charge on any atom is -0.392 e. The van der Waals surface area contributed by atoms with Gasteiger partial charge in [-0.3, -0.25) is 14.8 Å². The van der Waals surface area contributed by atoms with Gasteiger partial charge in [0.05, 0.1) is 42.7 Å². The molecule has 3 aromatic carbocycles. The Labute approximate surface area is 257 Å². The first kappa shape index (κ1) is 31.3. The lowest BCUT2D eigenvalue weighted by atomic mass is 9.99. The van der Waals surface area contributed by atoms with Gasteiger partial charge in [0.25, 0.3) is 0 Å². The van der Waals surface area contributed by atoms with Crippen LogP contribution in [0.3, 0.4) is 0 Å². The number of nitrogens with zero attached hydrogens (tertiary/aromatic N) is 2. The van der Waals surface area contributed by atoms with Crippen LogP contribution in [0.2, 0.25) is 0 Å². The Kier molecular flexibility index (Phi) is 11.1. The number of imidazole rings is 1. The normalized spacial score (nSPS) is 18.3. The van der Waals surface area contributed by atoms with E-state index < -0.39 is 6.29 Å². The van der Waals surface area contributed by atoms with Crippen LogP contribution in [0.15, 0.2) is 79.1 Å². The maximum Gasteiger partial charge on any atom is 0.243 e. The van der Waals surface area contributed by atoms with E-state index in [0.29, 0.717) is 32.4 Å². The van der Waals surface area contributed by atoms with Gasteiger partial charge in [-0.05, 0) is 41.7 Å². The third-order valence-corrected chi connectivity index (χ3v) is 7.97. The zero-order valence-corrected chi connectivity index (χ0v) is 24.7. The van der Waals surface area contributed by atoms with Crippen molar-refractivity contribution in [2.75, 3.05) is 0 Å². The predicted molar refractivity (Wildman–Crippen MR) is 164 cm³/mol. The number of para-hydroxylation sites is 2. The van der Waals surface area contributed by atoms with E-state index in [1.807, 2.05) is 73.1 Å². The van der Waals surface area contributed by atoms with E-state index in [-0.39, 0.29) is 37.0 Å². The highest BCUT2D eigenvalue weighted by Gasteiger charge is 2.32. The van der Waals surface area contributed by atoms with Gasteiger partial charge in [-0.1, -0.05) is 73.5 Å². The van der Waals surface area contributed by atoms with E-state index in [4.69, 9.17) is 14.7 Å². The molecule has 0 saturated carbocycles. The van der Waals surface area contributed by atoms with Gasteiger partial charge in [0, 0.05) is 31.4 Å². The fourth-order valence-corrected chi connectivity index (χ4v) is 5.47. The van der Waals surface area contributed by atoms with E-state index in [9.17, 15) is 14.7 Å². The van der Waals surface area contributed by atoms with Crippen molar-refractivity contribution in [1.82, 2.24) is 20.3 Å². The van der Waals surface area contributed by atoms with Crippen LogP contribution >= 0.6 is 0 Å². The smallest absolute Gasteiger partial charge is 0.243 e. The molecule has 2 amide bonds. The van der Waals surface area contributed by atoms with Crippen LogP contribution in [-0.2, 0) is 38.8 Å². The highest BCUT2D eigenvalue weighted by atomic mass is 16.7. The van der Waals surface area contributed by atoms with Crippen LogP contribution in [0.25, 0.3) is 11.0 Å². The first-order valence-electron chi connectivity index (χ1n) is 15.2. The molecule has 1 aliphatic rings. The van der Waals surface area contributed by atoms with Crippen LogP contribution in [-0.4, -0.2) is 37.8 Å². The van der Waals surface area contributed by atoms with Gasteiger partial charge in [-0.15, -0.1) is 0 Å². The summed E-state index contributed by atoms with van der Waals surface area (Å²) in [5.41, 5.74) is 7.39. The standard InChI is InChI=1S/C34H40N4O6/c39-22-25-13-15-26(16-14-25)31-19-28(21-38-23-36-29-7-5-6-8-30(29)38)43-34(44-31)27-17-11-24(12-18-27)20-35-32(40)9-3-1-2-4-10-33(41)37-42/h5-8,11-18,23,28,31,34,39,42H,1-4,9-10,19-22H2,(H,35,40)(H,37,41)/t28-,31+,34+/m0/s1. The second kappa shape index (κ2) is 15.6. The number of unbranched alkanes of at least 4 members (excludes halogenated alkanes) is 3. The summed E-state index contributed by atoms with van der Waals surface area (Å²) in [7, 11) is 0. The number of aliphatic hydroxyl groups is 1. The Morgan fingerprint density at radius 2 is 1.52 bits per heavy atom. The monoisotopic (exact) mass is 600 g/mol. The van der Waals surface area contributed by atoms with Gasteiger partial charge in [0.1, 0.15) is 0 Å². The molecule has 4 aromatic rings. The Morgan fingerprint density at radius 3 is 2.25 bits per heavy atom. The Morgan fingerprint density at radius 1 is 0.841 bits per heavy atom. The molecule has 0 aliphatic carbocycles. The molecule has 0 spiro atoms. The molecule has 3 atom stereocenters. The lowest BCUT2D eigenvalue weighted by Crippen LogP contribution is -2.32. The number of rotatable bonds is 14. The minimum absolute atomic E-state index is 0.00589. The lowest BCUT2D eigenvalue weighted by Gasteiger charge is -2.36. The van der Waals surface area contributed by atoms with Crippen LogP contribution in [0, 0.1) is 0 Å². The highest BCUT2D eigenvalue weighted by Crippen LogP contribution is 2.38. The molecule has 0 radical (unpaired) electrons. The molecule has 1 fully saturated rings. The van der Waals surface area contributed by atoms with Crippen molar-refractivity contribution in [1.29, 1.82) is 0 Å². The molecule has 0 unspecified atom stereocenters. The van der Waals surface area contributed by atoms with Crippen LogP contribution in [0.1, 0.15) is 79.6 Å². The summed E-state index contributed by atoms with van der Waals surface area (Å²) in [5, 5.41) is 21.0. The van der Waals surface area contributed by atoms with E-state index in [1.165, 1.54) is 0 Å². The summed E-state index contributed by atoms with van der Waals surface area (Å²) in [5.74, 6) is -0.391. The van der Waals surface area contributed by atoms with E-state index >= 15 is 0 Å². The second-order valence-corrected chi connectivity index (χ2v) is 11.2. The number of carbonyl (C=O) groups excluding carboxylic acids is 2. The number of aliphatic hydroxyl groups excluding tert-OH is 1. The number of benzene rings is 3. The van der Waals surface area contributed by atoms with E-state index in [1.54, 1.807) is 5.48 Å². The van der Waals surface area contributed by atoms with E-state index in [2.05, 4.69) is 20.9 Å². The third-order valence-electron chi connectivity index (χ3n) is 7.97. The number of fused-ring (bicyclic) bond motifs is 1. The van der Waals surface area contributed by atoms with Gasteiger partial charge in [0.15, 0.2) is 6.29 Å². The molecule has 10 nitrogen and oxygen atoms in total. The summed E-state index contributed by atoms with van der Waals surface area (Å²) in [6, 6.07) is 23.8. The molecular weight excluding hydrogens is 560 g/mol. The number of aromatic nitrogens is 2. The van der Waals surface area contributed by atoms with Gasteiger partial charge in [-0.2, -0.15) is 0 Å². The van der Waals surface area contributed by atoms with Crippen molar-refractivity contribution in [2.24, 2.45) is 0 Å². The van der Waals surface area contributed by atoms with Crippen molar-refractivity contribution in [3.63, 3.8) is 0 Å². The molecule has 1 aliphatic heterocycles. The second-order valence-electron chi connectivity index (χ2n) is 11.2. The van der Waals surface area contributed by atoms with Crippen molar-refractivity contribution >= 4 is 22.8 Å². The summed E-state index contributed by atoms with van der Waals surface area (Å²) in [6.07, 6.45) is 5.49. The number of hydrogen-bond acceptors (Lipinski definition) is 7. The van der Waals surface area contributed by atoms with E-state index in [0.717, 1.165) is 52.5 Å². The largest absolute Gasteiger partial charge is 0.392 e. The SMILES string of the molecule is O=C(CCCCCCC(=O)NCc1ccc([C@@H]2O[C@H](Cn3cnc4ccccc43)C[C@H](c3ccc(CO)cc3)O2)cc1)NO. The average molecular weight is 601 g/mol. The Bertz CT molecular complexity index is 1500. The molecule has 232 valence electrons. The molecule has 5 rings (SSSR count). The number of hydrogen-bond donors (Lipinski definition) is 4. The molecule has 1 saturated heterocycles. The Hall–Kier alpha value is -4.09. The summed E-state index contributed by atoms with van der Waals surface area (Å²) in [6.45, 7) is 1.06. The number of nitrogens with one attached hydrogen (secondary N) is 2.